The number of para-hydroxylation sites is 1. The van der Waals surface area contributed by atoms with E-state index in [1.54, 1.807) is 59.2 Å². The second-order valence-electron chi connectivity index (χ2n) is 8.52. The van der Waals surface area contributed by atoms with Gasteiger partial charge in [0.05, 0.1) is 10.9 Å². The van der Waals surface area contributed by atoms with Crippen LogP contribution in [0.15, 0.2) is 82.0 Å². The molecule has 3 aromatic carbocycles. The number of piperazine rings is 1. The number of carbonyl (C=O) groups excluding carboxylic acids is 2. The number of fused-ring (bicyclic) bond motifs is 1. The zero-order valence-electron chi connectivity index (χ0n) is 19.2. The second-order valence-corrected chi connectivity index (χ2v) is 8.96. The fourth-order valence-corrected chi connectivity index (χ4v) is 4.53. The lowest BCUT2D eigenvalue weighted by Crippen LogP contribution is -2.50. The Morgan fingerprint density at radius 3 is 2.09 bits per heavy atom. The van der Waals surface area contributed by atoms with E-state index in [4.69, 9.17) is 16.0 Å². The summed E-state index contributed by atoms with van der Waals surface area (Å²) in [6, 6.07) is 21.2. The van der Waals surface area contributed by atoms with Gasteiger partial charge >= 0.3 is 0 Å². The van der Waals surface area contributed by atoms with Crippen molar-refractivity contribution in [3.63, 3.8) is 0 Å². The zero-order chi connectivity index (χ0) is 24.5. The van der Waals surface area contributed by atoms with E-state index >= 15 is 0 Å². The number of nitrogens with zero attached hydrogens (tertiary/aromatic N) is 2. The lowest BCUT2D eigenvalue weighted by Gasteiger charge is -2.35. The lowest BCUT2D eigenvalue weighted by atomic mass is 10.0. The highest BCUT2D eigenvalue weighted by Gasteiger charge is 2.27. The van der Waals surface area contributed by atoms with Gasteiger partial charge in [0, 0.05) is 47.9 Å². The van der Waals surface area contributed by atoms with Crippen LogP contribution in [0.3, 0.4) is 0 Å². The van der Waals surface area contributed by atoms with Crippen LogP contribution in [0.25, 0.3) is 22.3 Å². The van der Waals surface area contributed by atoms with Gasteiger partial charge in [-0.2, -0.15) is 0 Å². The van der Waals surface area contributed by atoms with Gasteiger partial charge in [0.2, 0.25) is 0 Å². The zero-order valence-corrected chi connectivity index (χ0v) is 19.9. The molecule has 2 amide bonds. The maximum absolute atomic E-state index is 13.5. The molecule has 1 aromatic heterocycles. The van der Waals surface area contributed by atoms with Crippen LogP contribution >= 0.6 is 11.6 Å². The second kappa shape index (κ2) is 9.39. The summed E-state index contributed by atoms with van der Waals surface area (Å²) in [6.07, 6.45) is 0. The van der Waals surface area contributed by atoms with E-state index in [9.17, 15) is 14.4 Å². The van der Waals surface area contributed by atoms with Crippen molar-refractivity contribution >= 4 is 34.4 Å². The van der Waals surface area contributed by atoms with Crippen molar-refractivity contribution in [2.24, 2.45) is 0 Å². The van der Waals surface area contributed by atoms with Crippen LogP contribution < -0.4 is 5.43 Å². The van der Waals surface area contributed by atoms with Crippen molar-refractivity contribution in [2.45, 2.75) is 6.92 Å². The molecule has 0 unspecified atom stereocenters. The smallest absolute Gasteiger partial charge is 0.257 e. The van der Waals surface area contributed by atoms with Gasteiger partial charge < -0.3 is 14.2 Å². The first-order valence-corrected chi connectivity index (χ1v) is 11.8. The molecule has 0 aliphatic carbocycles. The minimum absolute atomic E-state index is 0.0899. The molecule has 0 saturated carbocycles. The Kier molecular flexibility index (Phi) is 6.14. The van der Waals surface area contributed by atoms with Gasteiger partial charge in [-0.3, -0.25) is 14.4 Å². The molecule has 35 heavy (non-hydrogen) atoms. The van der Waals surface area contributed by atoms with Gasteiger partial charge in [-0.05, 0) is 43.3 Å². The van der Waals surface area contributed by atoms with Crippen LogP contribution in [0.4, 0.5) is 0 Å². The predicted molar refractivity (Wildman–Crippen MR) is 136 cm³/mol. The molecule has 176 valence electrons. The van der Waals surface area contributed by atoms with Crippen LogP contribution in [-0.4, -0.2) is 47.8 Å². The van der Waals surface area contributed by atoms with Gasteiger partial charge in [0.15, 0.2) is 11.0 Å². The highest BCUT2D eigenvalue weighted by Crippen LogP contribution is 2.28. The number of hydrogen-bond donors (Lipinski definition) is 0. The van der Waals surface area contributed by atoms with Gasteiger partial charge in [0.25, 0.3) is 11.8 Å². The van der Waals surface area contributed by atoms with Crippen molar-refractivity contribution < 1.29 is 14.0 Å². The monoisotopic (exact) mass is 486 g/mol. The Hall–Kier alpha value is -3.90. The SMILES string of the molecule is Cc1c(-c2ccccc2)oc2c(C(=O)N3CCN(C(=O)c4ccc(Cl)cc4)CC3)cccc2c1=O. The van der Waals surface area contributed by atoms with E-state index in [1.165, 1.54) is 0 Å². The van der Waals surface area contributed by atoms with E-state index in [1.807, 2.05) is 30.3 Å². The first-order chi connectivity index (χ1) is 16.9. The van der Waals surface area contributed by atoms with Crippen molar-refractivity contribution in [1.29, 1.82) is 0 Å². The molecule has 4 aromatic rings. The maximum atomic E-state index is 13.5. The Morgan fingerprint density at radius 2 is 1.43 bits per heavy atom. The Bertz CT molecular complexity index is 1470. The molecule has 1 saturated heterocycles. The molecule has 1 aliphatic rings. The minimum atomic E-state index is -0.222. The molecule has 0 radical (unpaired) electrons. The van der Waals surface area contributed by atoms with E-state index in [0.717, 1.165) is 5.56 Å². The van der Waals surface area contributed by atoms with E-state index < -0.39 is 0 Å². The number of rotatable bonds is 3. The summed E-state index contributed by atoms with van der Waals surface area (Å²) in [5, 5.41) is 0.953. The molecule has 0 spiro atoms. The van der Waals surface area contributed by atoms with Gasteiger partial charge in [-0.1, -0.05) is 48.0 Å². The summed E-state index contributed by atoms with van der Waals surface area (Å²) in [5.41, 5.74) is 2.32. The molecular formula is C28H23ClN2O4. The molecule has 0 bridgehead atoms. The van der Waals surface area contributed by atoms with E-state index in [2.05, 4.69) is 0 Å². The number of halogens is 1. The van der Waals surface area contributed by atoms with Crippen molar-refractivity contribution in [2.75, 3.05) is 26.2 Å². The first kappa shape index (κ1) is 22.9. The average molecular weight is 487 g/mol. The number of benzene rings is 3. The summed E-state index contributed by atoms with van der Waals surface area (Å²) >= 11 is 5.92. The third-order valence-electron chi connectivity index (χ3n) is 6.36. The normalized spacial score (nSPS) is 13.8. The average Bonchev–Trinajstić information content (AvgIpc) is 2.90. The highest BCUT2D eigenvalue weighted by molar-refractivity contribution is 6.30. The van der Waals surface area contributed by atoms with Crippen LogP contribution in [0.2, 0.25) is 5.02 Å². The molecular weight excluding hydrogens is 464 g/mol. The highest BCUT2D eigenvalue weighted by atomic mass is 35.5. The van der Waals surface area contributed by atoms with Gasteiger partial charge in [0.1, 0.15) is 5.76 Å². The van der Waals surface area contributed by atoms with E-state index in [0.29, 0.717) is 59.0 Å². The molecule has 2 heterocycles. The Morgan fingerprint density at radius 1 is 0.800 bits per heavy atom. The minimum Gasteiger partial charge on any atom is -0.455 e. The fourth-order valence-electron chi connectivity index (χ4n) is 4.40. The fraction of sp³-hybridized carbons (Fsp3) is 0.179. The van der Waals surface area contributed by atoms with Crippen LogP contribution in [0.1, 0.15) is 26.3 Å². The maximum Gasteiger partial charge on any atom is 0.257 e. The quantitative estimate of drug-likeness (QED) is 0.407. The predicted octanol–water partition coefficient (Wildman–Crippen LogP) is 5.02. The number of amides is 2. The molecule has 1 aliphatic heterocycles. The molecule has 0 atom stereocenters. The summed E-state index contributed by atoms with van der Waals surface area (Å²) in [4.78, 5) is 42.8. The Balaban J connectivity index is 1.41. The third-order valence-corrected chi connectivity index (χ3v) is 6.61. The number of carbonyl (C=O) groups is 2. The van der Waals surface area contributed by atoms with Crippen LogP contribution in [0.5, 0.6) is 0 Å². The summed E-state index contributed by atoms with van der Waals surface area (Å²) < 4.78 is 6.21. The molecule has 6 nitrogen and oxygen atoms in total. The van der Waals surface area contributed by atoms with E-state index in [-0.39, 0.29) is 22.8 Å². The Labute approximate surface area is 207 Å². The van der Waals surface area contributed by atoms with Crippen molar-refractivity contribution in [3.05, 3.63) is 105 Å². The lowest BCUT2D eigenvalue weighted by molar-refractivity contribution is 0.0536. The summed E-state index contributed by atoms with van der Waals surface area (Å²) in [7, 11) is 0. The number of hydrogen-bond acceptors (Lipinski definition) is 4. The summed E-state index contributed by atoms with van der Waals surface area (Å²) in [6.45, 7) is 3.33. The third kappa shape index (κ3) is 4.33. The molecule has 1 fully saturated rings. The van der Waals surface area contributed by atoms with Crippen molar-refractivity contribution in [3.8, 4) is 11.3 Å². The molecule has 7 heteroatoms. The standard InChI is InChI=1S/C28H23ClN2O4/c1-18-24(32)22-8-5-9-23(26(22)35-25(18)19-6-3-2-4-7-19)28(34)31-16-14-30(15-17-31)27(33)20-10-12-21(29)13-11-20/h2-13H,14-17H2,1H3. The van der Waals surface area contributed by atoms with Crippen LogP contribution in [0, 0.1) is 6.92 Å². The first-order valence-electron chi connectivity index (χ1n) is 11.4. The van der Waals surface area contributed by atoms with Gasteiger partial charge in [-0.25, -0.2) is 0 Å². The molecule has 0 N–H and O–H groups in total. The topological polar surface area (TPSA) is 70.8 Å². The van der Waals surface area contributed by atoms with Crippen LogP contribution in [-0.2, 0) is 0 Å². The molecule has 5 rings (SSSR count). The van der Waals surface area contributed by atoms with Crippen molar-refractivity contribution in [1.82, 2.24) is 9.80 Å². The summed E-state index contributed by atoms with van der Waals surface area (Å²) in [5.74, 6) is 0.148. The van der Waals surface area contributed by atoms with Gasteiger partial charge in [-0.15, -0.1) is 0 Å². The largest absolute Gasteiger partial charge is 0.455 e.